The van der Waals surface area contributed by atoms with Gasteiger partial charge in [0.25, 0.3) is 0 Å². The largest absolute Gasteiger partial charge is 0.488 e. The van der Waals surface area contributed by atoms with Gasteiger partial charge in [0, 0.05) is 16.5 Å². The molecule has 0 spiro atoms. The van der Waals surface area contributed by atoms with Gasteiger partial charge >= 0.3 is 5.63 Å². The summed E-state index contributed by atoms with van der Waals surface area (Å²) in [7, 11) is 0. The molecule has 23 heavy (non-hydrogen) atoms. The predicted octanol–water partition coefficient (Wildman–Crippen LogP) is 4.61. The van der Waals surface area contributed by atoms with E-state index >= 15 is 0 Å². The highest BCUT2D eigenvalue weighted by Crippen LogP contribution is 2.29. The first-order chi connectivity index (χ1) is 11.0. The van der Waals surface area contributed by atoms with Crippen molar-refractivity contribution in [3.8, 4) is 5.75 Å². The third-order valence-corrected chi connectivity index (χ3v) is 4.34. The first-order valence-electron chi connectivity index (χ1n) is 7.69. The SMILES string of the molecule is Cc1ccc(COc2ccc3c(C)c(C)c(=O)oc3c2C)cc1. The van der Waals surface area contributed by atoms with Crippen LogP contribution in [0.3, 0.4) is 0 Å². The van der Waals surface area contributed by atoms with E-state index in [-0.39, 0.29) is 5.63 Å². The van der Waals surface area contributed by atoms with Gasteiger partial charge in [-0.3, -0.25) is 0 Å². The molecule has 0 saturated carbocycles. The van der Waals surface area contributed by atoms with Crippen LogP contribution in [0.4, 0.5) is 0 Å². The summed E-state index contributed by atoms with van der Waals surface area (Å²) in [6, 6.07) is 12.1. The molecule has 0 atom stereocenters. The molecule has 0 aliphatic rings. The van der Waals surface area contributed by atoms with Gasteiger partial charge in [-0.2, -0.15) is 0 Å². The van der Waals surface area contributed by atoms with Crippen LogP contribution in [0.15, 0.2) is 45.6 Å². The van der Waals surface area contributed by atoms with Crippen LogP contribution >= 0.6 is 0 Å². The maximum absolute atomic E-state index is 11.9. The van der Waals surface area contributed by atoms with Gasteiger partial charge in [-0.15, -0.1) is 0 Å². The average Bonchev–Trinajstić information content (AvgIpc) is 2.54. The van der Waals surface area contributed by atoms with Gasteiger partial charge in [0.15, 0.2) is 0 Å². The number of hydrogen-bond acceptors (Lipinski definition) is 3. The number of ether oxygens (including phenoxy) is 1. The van der Waals surface area contributed by atoms with Crippen LogP contribution in [0.1, 0.15) is 27.8 Å². The summed E-state index contributed by atoms with van der Waals surface area (Å²) < 4.78 is 11.4. The van der Waals surface area contributed by atoms with Crippen molar-refractivity contribution in [2.24, 2.45) is 0 Å². The highest BCUT2D eigenvalue weighted by atomic mass is 16.5. The molecule has 0 N–H and O–H groups in total. The van der Waals surface area contributed by atoms with Gasteiger partial charge < -0.3 is 9.15 Å². The monoisotopic (exact) mass is 308 g/mol. The molecule has 1 aromatic heterocycles. The van der Waals surface area contributed by atoms with Crippen molar-refractivity contribution < 1.29 is 9.15 Å². The van der Waals surface area contributed by atoms with E-state index in [1.54, 1.807) is 6.92 Å². The van der Waals surface area contributed by atoms with Crippen molar-refractivity contribution in [2.45, 2.75) is 34.3 Å². The van der Waals surface area contributed by atoms with Crippen LogP contribution in [-0.2, 0) is 6.61 Å². The molecule has 0 fully saturated rings. The molecule has 3 rings (SSSR count). The molecular weight excluding hydrogens is 288 g/mol. The Hall–Kier alpha value is -2.55. The van der Waals surface area contributed by atoms with Crippen molar-refractivity contribution >= 4 is 11.0 Å². The van der Waals surface area contributed by atoms with Crippen LogP contribution < -0.4 is 10.4 Å². The quantitative estimate of drug-likeness (QED) is 0.663. The third-order valence-electron chi connectivity index (χ3n) is 4.34. The molecule has 0 bridgehead atoms. The van der Waals surface area contributed by atoms with E-state index in [4.69, 9.17) is 9.15 Å². The zero-order valence-corrected chi connectivity index (χ0v) is 13.9. The molecule has 3 heteroatoms. The summed E-state index contributed by atoms with van der Waals surface area (Å²) in [5.41, 5.74) is 5.14. The van der Waals surface area contributed by atoms with E-state index in [0.29, 0.717) is 17.8 Å². The molecule has 3 aromatic rings. The number of rotatable bonds is 3. The Morgan fingerprint density at radius 1 is 0.870 bits per heavy atom. The number of benzene rings is 2. The van der Waals surface area contributed by atoms with Crippen molar-refractivity contribution in [3.05, 3.63) is 74.6 Å². The lowest BCUT2D eigenvalue weighted by atomic mass is 10.0. The summed E-state index contributed by atoms with van der Waals surface area (Å²) in [6.45, 7) is 8.20. The van der Waals surface area contributed by atoms with Crippen molar-refractivity contribution in [2.75, 3.05) is 0 Å². The maximum atomic E-state index is 11.9. The first-order valence-corrected chi connectivity index (χ1v) is 7.69. The molecule has 0 radical (unpaired) electrons. The molecule has 0 amide bonds. The lowest BCUT2D eigenvalue weighted by Crippen LogP contribution is -2.06. The van der Waals surface area contributed by atoms with Crippen LogP contribution in [0.2, 0.25) is 0 Å². The fourth-order valence-corrected chi connectivity index (χ4v) is 2.63. The van der Waals surface area contributed by atoms with E-state index in [2.05, 4.69) is 31.2 Å². The molecule has 0 saturated heterocycles. The molecule has 2 aromatic carbocycles. The van der Waals surface area contributed by atoms with Gasteiger partial charge in [-0.1, -0.05) is 29.8 Å². The first kappa shape index (κ1) is 15.3. The van der Waals surface area contributed by atoms with E-state index < -0.39 is 0 Å². The normalized spacial score (nSPS) is 11.0. The van der Waals surface area contributed by atoms with E-state index in [1.807, 2.05) is 26.0 Å². The Bertz CT molecular complexity index is 918. The van der Waals surface area contributed by atoms with Gasteiger partial charge in [0.2, 0.25) is 0 Å². The molecule has 0 unspecified atom stereocenters. The Labute approximate surface area is 135 Å². The van der Waals surface area contributed by atoms with Gasteiger partial charge in [-0.25, -0.2) is 4.79 Å². The minimum Gasteiger partial charge on any atom is -0.488 e. The zero-order chi connectivity index (χ0) is 16.6. The number of hydrogen-bond donors (Lipinski definition) is 0. The fourth-order valence-electron chi connectivity index (χ4n) is 2.63. The summed E-state index contributed by atoms with van der Waals surface area (Å²) in [5.74, 6) is 0.740. The van der Waals surface area contributed by atoms with Gasteiger partial charge in [-0.05, 0) is 51.0 Å². The zero-order valence-electron chi connectivity index (χ0n) is 13.9. The Morgan fingerprint density at radius 3 is 2.26 bits per heavy atom. The second kappa shape index (κ2) is 5.92. The molecular formula is C20H20O3. The van der Waals surface area contributed by atoms with Crippen molar-refractivity contribution in [3.63, 3.8) is 0 Å². The molecule has 118 valence electrons. The predicted molar refractivity (Wildman–Crippen MR) is 92.2 cm³/mol. The fraction of sp³-hybridized carbons (Fsp3) is 0.250. The lowest BCUT2D eigenvalue weighted by Gasteiger charge is -2.12. The van der Waals surface area contributed by atoms with E-state index in [9.17, 15) is 4.79 Å². The van der Waals surface area contributed by atoms with E-state index in [0.717, 1.165) is 27.8 Å². The average molecular weight is 308 g/mol. The molecule has 3 nitrogen and oxygen atoms in total. The Balaban J connectivity index is 1.96. The topological polar surface area (TPSA) is 39.4 Å². The van der Waals surface area contributed by atoms with Crippen molar-refractivity contribution in [1.82, 2.24) is 0 Å². The highest BCUT2D eigenvalue weighted by molar-refractivity contribution is 5.85. The highest BCUT2D eigenvalue weighted by Gasteiger charge is 2.12. The lowest BCUT2D eigenvalue weighted by molar-refractivity contribution is 0.304. The molecule has 0 aliphatic carbocycles. The second-order valence-electron chi connectivity index (χ2n) is 5.98. The summed E-state index contributed by atoms with van der Waals surface area (Å²) in [6.07, 6.45) is 0. The number of aryl methyl sites for hydroxylation is 3. The Kier molecular flexibility index (Phi) is 3.95. The van der Waals surface area contributed by atoms with Crippen molar-refractivity contribution in [1.29, 1.82) is 0 Å². The van der Waals surface area contributed by atoms with Crippen LogP contribution in [-0.4, -0.2) is 0 Å². The van der Waals surface area contributed by atoms with E-state index in [1.165, 1.54) is 5.56 Å². The summed E-state index contributed by atoms with van der Waals surface area (Å²) >= 11 is 0. The summed E-state index contributed by atoms with van der Waals surface area (Å²) in [5, 5.41) is 0.960. The minimum absolute atomic E-state index is 0.284. The maximum Gasteiger partial charge on any atom is 0.339 e. The smallest absolute Gasteiger partial charge is 0.339 e. The third kappa shape index (κ3) is 2.87. The van der Waals surface area contributed by atoms with Gasteiger partial charge in [0.1, 0.15) is 17.9 Å². The summed E-state index contributed by atoms with van der Waals surface area (Å²) in [4.78, 5) is 11.9. The minimum atomic E-state index is -0.284. The standard InChI is InChI=1S/C20H20O3/c1-12-5-7-16(8-6-12)11-22-18-10-9-17-13(2)14(3)20(21)23-19(17)15(18)4/h5-10H,11H2,1-4H3. The van der Waals surface area contributed by atoms with Gasteiger partial charge in [0.05, 0.1) is 0 Å². The van der Waals surface area contributed by atoms with Crippen LogP contribution in [0.5, 0.6) is 5.75 Å². The number of fused-ring (bicyclic) bond motifs is 1. The molecule has 0 aliphatic heterocycles. The van der Waals surface area contributed by atoms with Crippen LogP contribution in [0.25, 0.3) is 11.0 Å². The second-order valence-corrected chi connectivity index (χ2v) is 5.98. The molecule has 1 heterocycles. The van der Waals surface area contributed by atoms with Crippen LogP contribution in [0, 0.1) is 27.7 Å². The Morgan fingerprint density at radius 2 is 1.57 bits per heavy atom.